The molecule has 2 unspecified atom stereocenters. The van der Waals surface area contributed by atoms with Crippen molar-refractivity contribution in [1.29, 1.82) is 0 Å². The van der Waals surface area contributed by atoms with E-state index in [1.807, 2.05) is 0 Å². The summed E-state index contributed by atoms with van der Waals surface area (Å²) in [7, 11) is -3.90. The molecular formula is C36H76N2Si2Ti2. The molecule has 0 saturated carbocycles. The van der Waals surface area contributed by atoms with Crippen LogP contribution in [-0.2, 0) is 43.4 Å². The van der Waals surface area contributed by atoms with Gasteiger partial charge in [0.1, 0.15) is 0 Å². The van der Waals surface area contributed by atoms with Gasteiger partial charge in [-0.05, 0) is 62.4 Å². The van der Waals surface area contributed by atoms with Gasteiger partial charge in [0.25, 0.3) is 0 Å². The van der Waals surface area contributed by atoms with Crippen molar-refractivity contribution in [2.45, 2.75) is 144 Å². The van der Waals surface area contributed by atoms with Crippen LogP contribution >= 0.6 is 0 Å². The fourth-order valence-electron chi connectivity index (χ4n) is 8.03. The Morgan fingerprint density at radius 2 is 0.714 bits per heavy atom. The Morgan fingerprint density at radius 1 is 0.500 bits per heavy atom. The first-order chi connectivity index (χ1) is 15.2. The average Bonchev–Trinajstić information content (AvgIpc) is 2.97. The molecule has 0 radical (unpaired) electrons. The predicted octanol–water partition coefficient (Wildman–Crippen LogP) is 13.2. The molecule has 0 aromatic rings. The Hall–Kier alpha value is 1.26. The Kier molecular flexibility index (Phi) is 28.7. The van der Waals surface area contributed by atoms with Gasteiger partial charge in [-0.25, -0.2) is 0 Å². The van der Waals surface area contributed by atoms with Crippen LogP contribution in [0.1, 0.15) is 96.9 Å². The standard InChI is InChI=1S/C30H58N2Si2.6CH3.2Ti/c1-19-20(2)24(6)27(23(19)5)33(15,31-29(9,10)11)17-18-34(16,32-30(12,13)14)28-25(7)21(3)22(4)26(28)8;;;;;;;;/h19,21,23,25,27-28H,17-18H2,1-16H3;6*1H3;;/q-2;6*-1;2*+4/t19-,21-,23+,25+,27+,28+,33?,34?;;;;;;;;/m0......../s1. The van der Waals surface area contributed by atoms with Gasteiger partial charge < -0.3 is 54.5 Å². The van der Waals surface area contributed by atoms with Gasteiger partial charge in [-0.1, -0.05) is 133 Å². The van der Waals surface area contributed by atoms with Gasteiger partial charge in [-0.15, -0.1) is 11.1 Å². The van der Waals surface area contributed by atoms with Gasteiger partial charge in [-0.3, -0.25) is 0 Å². The molecular weight excluding hydrogens is 612 g/mol. The first-order valence-electron chi connectivity index (χ1n) is 14.0. The van der Waals surface area contributed by atoms with Crippen LogP contribution in [-0.4, -0.2) is 27.5 Å². The maximum Gasteiger partial charge on any atom is 4.00 e. The molecule has 0 saturated heterocycles. The number of hydrogen-bond donors (Lipinski definition) is 0. The summed E-state index contributed by atoms with van der Waals surface area (Å²) in [6, 6.07) is 2.56. The molecule has 0 N–H and O–H groups in total. The number of rotatable bonds is 7. The molecule has 0 heterocycles. The summed E-state index contributed by atoms with van der Waals surface area (Å²) in [5.74, 6) is 2.76. The van der Waals surface area contributed by atoms with Crippen molar-refractivity contribution in [3.8, 4) is 0 Å². The molecule has 8 atom stereocenters. The second kappa shape index (κ2) is 20.5. The van der Waals surface area contributed by atoms with Crippen LogP contribution in [0.2, 0.25) is 36.3 Å². The van der Waals surface area contributed by atoms with Crippen LogP contribution in [0.3, 0.4) is 0 Å². The summed E-state index contributed by atoms with van der Waals surface area (Å²) in [6.45, 7) is 38.7. The molecule has 2 aliphatic carbocycles. The van der Waals surface area contributed by atoms with Crippen LogP contribution in [0.4, 0.5) is 0 Å². The third kappa shape index (κ3) is 12.8. The second-order valence-corrected chi connectivity index (χ2v) is 22.9. The smallest absolute Gasteiger partial charge is 0.659 e. The van der Waals surface area contributed by atoms with E-state index in [1.54, 1.807) is 22.3 Å². The van der Waals surface area contributed by atoms with Gasteiger partial charge in [0.2, 0.25) is 0 Å². The van der Waals surface area contributed by atoms with Crippen molar-refractivity contribution < 1.29 is 43.4 Å². The Balaban J connectivity index is -0.000000306. The Morgan fingerprint density at radius 3 is 0.857 bits per heavy atom. The van der Waals surface area contributed by atoms with E-state index in [4.69, 9.17) is 9.96 Å². The van der Waals surface area contributed by atoms with Crippen LogP contribution in [0.5, 0.6) is 0 Å². The van der Waals surface area contributed by atoms with Crippen LogP contribution in [0.25, 0.3) is 9.96 Å². The second-order valence-electron chi connectivity index (χ2n) is 14.8. The SMILES string of the molecule is CC1=C(C)[C@H]([Si](C)(CC[Si](C)([N-]C(C)(C)C)[C@H]2C(C)=C(C)[C@H](C)[C@H]2C)[N-]C(C)(C)C)[C@H](C)[C@H]1C.[CH3-].[CH3-].[CH3-].[CH3-].[CH3-].[CH3-].[Ti+4].[Ti+4]. The van der Waals surface area contributed by atoms with Gasteiger partial charge in [-0.2, -0.15) is 0 Å². The van der Waals surface area contributed by atoms with Crippen LogP contribution in [0, 0.1) is 68.2 Å². The van der Waals surface area contributed by atoms with E-state index >= 15 is 0 Å². The third-order valence-electron chi connectivity index (χ3n) is 9.83. The largest absolute Gasteiger partial charge is 4.00 e. The normalized spacial score (nSPS) is 28.0. The molecule has 0 aromatic carbocycles. The zero-order chi connectivity index (χ0) is 26.6. The van der Waals surface area contributed by atoms with E-state index < -0.39 is 16.5 Å². The summed E-state index contributed by atoms with van der Waals surface area (Å²) in [4.78, 5) is 11.5. The maximum absolute atomic E-state index is 5.76. The first kappa shape index (κ1) is 58.8. The molecule has 6 heteroatoms. The molecule has 0 amide bonds. The molecule has 2 aliphatic rings. The van der Waals surface area contributed by atoms with E-state index in [2.05, 4.69) is 110 Å². The van der Waals surface area contributed by atoms with Crippen molar-refractivity contribution >= 4 is 16.5 Å². The zero-order valence-corrected chi connectivity index (χ0v) is 37.9. The summed E-state index contributed by atoms with van der Waals surface area (Å²) in [5.41, 5.74) is 7.93. The van der Waals surface area contributed by atoms with E-state index in [9.17, 15) is 0 Å². The van der Waals surface area contributed by atoms with E-state index in [0.717, 1.165) is 0 Å². The molecule has 0 aromatic heterocycles. The van der Waals surface area contributed by atoms with Crippen molar-refractivity contribution in [1.82, 2.24) is 0 Å². The monoisotopic (exact) mass is 688 g/mol. The van der Waals surface area contributed by atoms with Crippen LogP contribution in [0.15, 0.2) is 22.3 Å². The molecule has 42 heavy (non-hydrogen) atoms. The summed E-state index contributed by atoms with van der Waals surface area (Å²) in [5, 5.41) is 0. The van der Waals surface area contributed by atoms with Crippen LogP contribution < -0.4 is 0 Å². The minimum Gasteiger partial charge on any atom is -0.659 e. The topological polar surface area (TPSA) is 28.2 Å². The van der Waals surface area contributed by atoms with Crippen molar-refractivity contribution in [3.05, 3.63) is 76.8 Å². The number of allylic oxidation sites excluding steroid dienone is 4. The predicted molar refractivity (Wildman–Crippen MR) is 198 cm³/mol. The van der Waals surface area contributed by atoms with Crippen molar-refractivity contribution in [2.75, 3.05) is 0 Å². The zero-order valence-electron chi connectivity index (χ0n) is 32.8. The fourth-order valence-corrected chi connectivity index (χ4v) is 21.4. The fraction of sp³-hybridized carbons (Fsp3) is 0.722. The third-order valence-corrected chi connectivity index (χ3v) is 19.8. The molecule has 0 aliphatic heterocycles. The van der Waals surface area contributed by atoms with Crippen molar-refractivity contribution in [2.24, 2.45) is 23.7 Å². The molecule has 2 nitrogen and oxygen atoms in total. The van der Waals surface area contributed by atoms with Gasteiger partial charge >= 0.3 is 43.4 Å². The minimum atomic E-state index is -1.95. The van der Waals surface area contributed by atoms with E-state index in [1.165, 1.54) is 12.1 Å². The van der Waals surface area contributed by atoms with E-state index in [-0.39, 0.29) is 99.1 Å². The first-order valence-corrected chi connectivity index (χ1v) is 19.4. The van der Waals surface area contributed by atoms with Crippen molar-refractivity contribution in [3.63, 3.8) is 0 Å². The average molecular weight is 689 g/mol. The quantitative estimate of drug-likeness (QED) is 0.145. The maximum atomic E-state index is 5.76. The summed E-state index contributed by atoms with van der Waals surface area (Å²) in [6.07, 6.45) is 0. The van der Waals surface area contributed by atoms with Gasteiger partial charge in [0, 0.05) is 0 Å². The molecule has 246 valence electrons. The van der Waals surface area contributed by atoms with E-state index in [0.29, 0.717) is 34.8 Å². The Bertz CT molecular complexity index is 759. The molecule has 0 bridgehead atoms. The summed E-state index contributed by atoms with van der Waals surface area (Å²) < 4.78 is 0. The molecule has 2 rings (SSSR count). The minimum absolute atomic E-state index is 0. The van der Waals surface area contributed by atoms with Gasteiger partial charge in [0.05, 0.1) is 0 Å². The number of hydrogen-bond acceptors (Lipinski definition) is 0. The summed E-state index contributed by atoms with van der Waals surface area (Å²) >= 11 is 0. The molecule has 0 spiro atoms. The molecule has 0 fully saturated rings. The number of nitrogens with zero attached hydrogens (tertiary/aromatic N) is 2. The van der Waals surface area contributed by atoms with Gasteiger partial charge in [0.15, 0.2) is 0 Å². The Labute approximate surface area is 302 Å².